The van der Waals surface area contributed by atoms with E-state index in [9.17, 15) is 13.2 Å². The van der Waals surface area contributed by atoms with Crippen LogP contribution in [-0.2, 0) is 14.8 Å². The molecule has 1 aromatic rings. The third kappa shape index (κ3) is 4.67. The number of thiophene rings is 1. The zero-order valence-corrected chi connectivity index (χ0v) is 18.2. The average Bonchev–Trinajstić information content (AvgIpc) is 3.09. The monoisotopic (exact) mass is 463 g/mol. The summed E-state index contributed by atoms with van der Waals surface area (Å²) in [6, 6.07) is 3.47. The van der Waals surface area contributed by atoms with Gasteiger partial charge in [-0.25, -0.2) is 8.42 Å². The van der Waals surface area contributed by atoms with Gasteiger partial charge in [-0.2, -0.15) is 4.31 Å². The molecular formula is C17H26BrN3O3S2. The highest BCUT2D eigenvalue weighted by atomic mass is 79.9. The van der Waals surface area contributed by atoms with Crippen molar-refractivity contribution in [2.75, 3.05) is 26.2 Å². The minimum absolute atomic E-state index is 0.0652. The summed E-state index contributed by atoms with van der Waals surface area (Å²) in [5.41, 5.74) is 0. The summed E-state index contributed by atoms with van der Waals surface area (Å²) in [4.78, 5) is 14.6. The standard InChI is InChI=1S/C17H26BrN3O3S2/c1-13(17(22)19-14-5-3-2-4-6-14)20-9-11-21(12-10-20)26(23,24)16-8-7-15(18)25-16/h7-8,13-14H,2-6,9-12H2,1H3,(H,19,22). The summed E-state index contributed by atoms with van der Waals surface area (Å²) in [6.07, 6.45) is 5.78. The van der Waals surface area contributed by atoms with E-state index in [2.05, 4.69) is 26.1 Å². The normalized spacial score (nSPS) is 22.2. The number of halogens is 1. The van der Waals surface area contributed by atoms with Crippen LogP contribution < -0.4 is 5.32 Å². The number of carbonyl (C=O) groups excluding carboxylic acids is 1. The van der Waals surface area contributed by atoms with E-state index in [1.165, 1.54) is 34.9 Å². The number of rotatable bonds is 5. The van der Waals surface area contributed by atoms with Crippen LogP contribution in [0.4, 0.5) is 0 Å². The minimum atomic E-state index is -3.44. The van der Waals surface area contributed by atoms with Crippen LogP contribution in [0.15, 0.2) is 20.1 Å². The minimum Gasteiger partial charge on any atom is -0.352 e. The van der Waals surface area contributed by atoms with E-state index in [1.807, 2.05) is 6.92 Å². The first-order valence-corrected chi connectivity index (χ1v) is 12.2. The van der Waals surface area contributed by atoms with Crippen molar-refractivity contribution in [2.24, 2.45) is 0 Å². The number of sulfonamides is 1. The van der Waals surface area contributed by atoms with Crippen molar-refractivity contribution < 1.29 is 13.2 Å². The second kappa shape index (κ2) is 8.68. The van der Waals surface area contributed by atoms with Gasteiger partial charge in [-0.1, -0.05) is 19.3 Å². The summed E-state index contributed by atoms with van der Waals surface area (Å²) in [5.74, 6) is 0.0652. The number of carbonyl (C=O) groups is 1. The Morgan fingerprint density at radius 2 is 1.85 bits per heavy atom. The number of hydrogen-bond donors (Lipinski definition) is 1. The molecule has 1 aromatic heterocycles. The maximum absolute atomic E-state index is 12.7. The molecule has 6 nitrogen and oxygen atoms in total. The highest BCUT2D eigenvalue weighted by Gasteiger charge is 2.33. The fraction of sp³-hybridized carbons (Fsp3) is 0.706. The van der Waals surface area contributed by atoms with Gasteiger partial charge in [-0.05, 0) is 47.8 Å². The molecular weight excluding hydrogens is 438 g/mol. The number of nitrogens with one attached hydrogen (secondary N) is 1. The van der Waals surface area contributed by atoms with Crippen LogP contribution in [0, 0.1) is 0 Å². The summed E-state index contributed by atoms with van der Waals surface area (Å²) in [6.45, 7) is 3.90. The third-order valence-corrected chi connectivity index (χ3v) is 9.28. The van der Waals surface area contributed by atoms with Gasteiger partial charge in [-0.3, -0.25) is 9.69 Å². The van der Waals surface area contributed by atoms with Crippen molar-refractivity contribution in [3.8, 4) is 0 Å². The zero-order chi connectivity index (χ0) is 18.7. The number of amides is 1. The summed E-state index contributed by atoms with van der Waals surface area (Å²) in [7, 11) is -3.44. The first-order valence-electron chi connectivity index (χ1n) is 9.18. The van der Waals surface area contributed by atoms with E-state index in [0.717, 1.165) is 16.6 Å². The molecule has 0 aromatic carbocycles. The lowest BCUT2D eigenvalue weighted by Crippen LogP contribution is -2.55. The lowest BCUT2D eigenvalue weighted by molar-refractivity contribution is -0.127. The molecule has 26 heavy (non-hydrogen) atoms. The topological polar surface area (TPSA) is 69.7 Å². The molecule has 9 heteroatoms. The lowest BCUT2D eigenvalue weighted by Gasteiger charge is -2.37. The molecule has 1 atom stereocenters. The van der Waals surface area contributed by atoms with E-state index in [4.69, 9.17) is 0 Å². The van der Waals surface area contributed by atoms with Crippen molar-refractivity contribution in [1.29, 1.82) is 0 Å². The summed E-state index contributed by atoms with van der Waals surface area (Å²) in [5, 5.41) is 3.17. The molecule has 1 amide bonds. The maximum atomic E-state index is 12.7. The summed E-state index contributed by atoms with van der Waals surface area (Å²) < 4.78 is 28.1. The van der Waals surface area contributed by atoms with Gasteiger partial charge in [-0.15, -0.1) is 11.3 Å². The predicted octanol–water partition coefficient (Wildman–Crippen LogP) is 2.65. The van der Waals surface area contributed by atoms with Gasteiger partial charge in [0.25, 0.3) is 10.0 Å². The smallest absolute Gasteiger partial charge is 0.252 e. The number of piperazine rings is 1. The molecule has 0 spiro atoms. The molecule has 3 rings (SSSR count). The Morgan fingerprint density at radius 3 is 2.42 bits per heavy atom. The maximum Gasteiger partial charge on any atom is 0.252 e. The lowest BCUT2D eigenvalue weighted by atomic mass is 9.95. The Kier molecular flexibility index (Phi) is 6.77. The Morgan fingerprint density at radius 1 is 1.19 bits per heavy atom. The molecule has 1 aliphatic carbocycles. The van der Waals surface area contributed by atoms with E-state index >= 15 is 0 Å². The second-order valence-corrected chi connectivity index (χ2v) is 11.6. The zero-order valence-electron chi connectivity index (χ0n) is 15.0. The molecule has 2 fully saturated rings. The van der Waals surface area contributed by atoms with Crippen LogP contribution in [0.2, 0.25) is 0 Å². The summed E-state index contributed by atoms with van der Waals surface area (Å²) >= 11 is 4.55. The van der Waals surface area contributed by atoms with Crippen molar-refractivity contribution in [1.82, 2.24) is 14.5 Å². The van der Waals surface area contributed by atoms with Crippen molar-refractivity contribution >= 4 is 43.2 Å². The van der Waals surface area contributed by atoms with E-state index in [0.29, 0.717) is 36.4 Å². The Bertz CT molecular complexity index is 723. The Labute approximate surface area is 168 Å². The predicted molar refractivity (Wildman–Crippen MR) is 107 cm³/mol. The molecule has 0 bridgehead atoms. The Balaban J connectivity index is 1.53. The first-order chi connectivity index (χ1) is 12.4. The van der Waals surface area contributed by atoms with E-state index < -0.39 is 10.0 Å². The van der Waals surface area contributed by atoms with Crippen molar-refractivity contribution in [3.63, 3.8) is 0 Å². The first kappa shape index (κ1) is 20.3. The second-order valence-electron chi connectivity index (χ2n) is 7.02. The molecule has 1 N–H and O–H groups in total. The van der Waals surface area contributed by atoms with Crippen LogP contribution in [-0.4, -0.2) is 61.8 Å². The highest BCUT2D eigenvalue weighted by molar-refractivity contribution is 9.11. The molecule has 1 unspecified atom stereocenters. The fourth-order valence-electron chi connectivity index (χ4n) is 3.63. The molecule has 2 heterocycles. The SMILES string of the molecule is CC(C(=O)NC1CCCCC1)N1CCN(S(=O)(=O)c2ccc(Br)s2)CC1. The fourth-order valence-corrected chi connectivity index (χ4v) is 7.22. The number of hydrogen-bond acceptors (Lipinski definition) is 5. The Hall–Kier alpha value is -0.480. The molecule has 1 saturated heterocycles. The van der Waals surface area contributed by atoms with Crippen molar-refractivity contribution in [3.05, 3.63) is 15.9 Å². The van der Waals surface area contributed by atoms with Gasteiger partial charge in [0.05, 0.1) is 9.83 Å². The van der Waals surface area contributed by atoms with Crippen LogP contribution in [0.5, 0.6) is 0 Å². The van der Waals surface area contributed by atoms with E-state index in [1.54, 1.807) is 12.1 Å². The van der Waals surface area contributed by atoms with Crippen LogP contribution in [0.1, 0.15) is 39.0 Å². The van der Waals surface area contributed by atoms with Crippen molar-refractivity contribution in [2.45, 2.75) is 55.3 Å². The van der Waals surface area contributed by atoms with Crippen LogP contribution in [0.25, 0.3) is 0 Å². The largest absolute Gasteiger partial charge is 0.352 e. The van der Waals surface area contributed by atoms with Gasteiger partial charge in [0, 0.05) is 32.2 Å². The molecule has 0 radical (unpaired) electrons. The van der Waals surface area contributed by atoms with Gasteiger partial charge < -0.3 is 5.32 Å². The quantitative estimate of drug-likeness (QED) is 0.728. The van der Waals surface area contributed by atoms with Gasteiger partial charge in [0.2, 0.25) is 5.91 Å². The van der Waals surface area contributed by atoms with E-state index in [-0.39, 0.29) is 11.9 Å². The van der Waals surface area contributed by atoms with Crippen LogP contribution >= 0.6 is 27.3 Å². The third-order valence-electron chi connectivity index (χ3n) is 5.29. The van der Waals surface area contributed by atoms with Crippen LogP contribution in [0.3, 0.4) is 0 Å². The highest BCUT2D eigenvalue weighted by Crippen LogP contribution is 2.29. The molecule has 2 aliphatic rings. The molecule has 1 saturated carbocycles. The molecule has 146 valence electrons. The number of nitrogens with zero attached hydrogens (tertiary/aromatic N) is 2. The van der Waals surface area contributed by atoms with Gasteiger partial charge >= 0.3 is 0 Å². The van der Waals surface area contributed by atoms with Gasteiger partial charge in [0.15, 0.2) is 0 Å². The molecule has 1 aliphatic heterocycles. The van der Waals surface area contributed by atoms with Gasteiger partial charge in [0.1, 0.15) is 4.21 Å². The average molecular weight is 464 g/mol.